The van der Waals surface area contributed by atoms with Crippen LogP contribution in [0, 0.1) is 0 Å². The third kappa shape index (κ3) is 3.87. The predicted molar refractivity (Wildman–Crippen MR) is 77.8 cm³/mol. The summed E-state index contributed by atoms with van der Waals surface area (Å²) in [5, 5.41) is 2.80. The quantitative estimate of drug-likeness (QED) is 0.927. The van der Waals surface area contributed by atoms with Crippen molar-refractivity contribution in [3.8, 4) is 17.0 Å². The standard InChI is InChI=1S/C15H16F3N3O/c1-9(2)19-14-20-12(8-13(21-14)15(16,17)18)10-4-6-11(22-3)7-5-10/h4-9H,1-3H3,(H,19,20,21). The molecule has 0 radical (unpaired) electrons. The Morgan fingerprint density at radius 1 is 1.09 bits per heavy atom. The lowest BCUT2D eigenvalue weighted by Crippen LogP contribution is -2.16. The minimum absolute atomic E-state index is 0.0457. The highest BCUT2D eigenvalue weighted by Crippen LogP contribution is 2.31. The molecule has 2 aromatic rings. The molecular formula is C15H16F3N3O. The number of anilines is 1. The Kier molecular flexibility index (Phi) is 4.54. The number of nitrogens with zero attached hydrogens (tertiary/aromatic N) is 2. The number of benzene rings is 1. The minimum Gasteiger partial charge on any atom is -0.497 e. The van der Waals surface area contributed by atoms with Crippen LogP contribution < -0.4 is 10.1 Å². The van der Waals surface area contributed by atoms with Gasteiger partial charge in [-0.25, -0.2) is 9.97 Å². The van der Waals surface area contributed by atoms with E-state index in [1.54, 1.807) is 38.1 Å². The topological polar surface area (TPSA) is 47.0 Å². The first kappa shape index (κ1) is 16.1. The van der Waals surface area contributed by atoms with Crippen LogP contribution >= 0.6 is 0 Å². The van der Waals surface area contributed by atoms with Crippen molar-refractivity contribution in [1.82, 2.24) is 9.97 Å². The molecule has 1 aromatic heterocycles. The summed E-state index contributed by atoms with van der Waals surface area (Å²) in [5.74, 6) is 0.574. The van der Waals surface area contributed by atoms with Crippen molar-refractivity contribution in [3.63, 3.8) is 0 Å². The van der Waals surface area contributed by atoms with E-state index in [-0.39, 0.29) is 17.7 Å². The second-order valence-corrected chi connectivity index (χ2v) is 4.99. The van der Waals surface area contributed by atoms with Gasteiger partial charge < -0.3 is 10.1 Å². The lowest BCUT2D eigenvalue weighted by molar-refractivity contribution is -0.141. The Hall–Kier alpha value is -2.31. The van der Waals surface area contributed by atoms with Gasteiger partial charge in [0.25, 0.3) is 0 Å². The van der Waals surface area contributed by atoms with Crippen molar-refractivity contribution in [3.05, 3.63) is 36.0 Å². The normalized spacial score (nSPS) is 11.6. The van der Waals surface area contributed by atoms with Crippen molar-refractivity contribution >= 4 is 5.95 Å². The van der Waals surface area contributed by atoms with Gasteiger partial charge >= 0.3 is 6.18 Å². The van der Waals surface area contributed by atoms with Crippen molar-refractivity contribution in [2.75, 3.05) is 12.4 Å². The molecule has 1 heterocycles. The average Bonchev–Trinajstić information content (AvgIpc) is 2.45. The molecule has 22 heavy (non-hydrogen) atoms. The summed E-state index contributed by atoms with van der Waals surface area (Å²) in [6, 6.07) is 7.50. The Bertz CT molecular complexity index is 639. The van der Waals surface area contributed by atoms with Crippen molar-refractivity contribution in [2.24, 2.45) is 0 Å². The van der Waals surface area contributed by atoms with Gasteiger partial charge in [0.1, 0.15) is 5.75 Å². The zero-order valence-electron chi connectivity index (χ0n) is 12.4. The molecule has 1 aromatic carbocycles. The first-order chi connectivity index (χ1) is 10.3. The first-order valence-corrected chi connectivity index (χ1v) is 6.67. The molecule has 0 aliphatic rings. The monoisotopic (exact) mass is 311 g/mol. The highest BCUT2D eigenvalue weighted by Gasteiger charge is 2.33. The number of nitrogens with one attached hydrogen (secondary N) is 1. The van der Waals surface area contributed by atoms with Crippen LogP contribution in [0.25, 0.3) is 11.3 Å². The van der Waals surface area contributed by atoms with E-state index < -0.39 is 11.9 Å². The molecule has 0 unspecified atom stereocenters. The van der Waals surface area contributed by atoms with E-state index in [2.05, 4.69) is 15.3 Å². The molecule has 0 amide bonds. The predicted octanol–water partition coefficient (Wildman–Crippen LogP) is 3.99. The van der Waals surface area contributed by atoms with Gasteiger partial charge in [0.2, 0.25) is 5.95 Å². The molecule has 118 valence electrons. The van der Waals surface area contributed by atoms with Gasteiger partial charge in [0.05, 0.1) is 12.8 Å². The minimum atomic E-state index is -4.53. The molecule has 0 saturated heterocycles. The molecule has 0 atom stereocenters. The molecule has 0 spiro atoms. The van der Waals surface area contributed by atoms with Gasteiger partial charge in [0, 0.05) is 11.6 Å². The summed E-state index contributed by atoms with van der Waals surface area (Å²) in [6.45, 7) is 3.60. The van der Waals surface area contributed by atoms with Gasteiger partial charge in [-0.3, -0.25) is 0 Å². The number of ether oxygens (including phenoxy) is 1. The number of aromatic nitrogens is 2. The number of hydrogen-bond donors (Lipinski definition) is 1. The van der Waals surface area contributed by atoms with E-state index in [1.807, 2.05) is 0 Å². The summed E-state index contributed by atoms with van der Waals surface area (Å²) >= 11 is 0. The van der Waals surface area contributed by atoms with Gasteiger partial charge in [0.15, 0.2) is 5.69 Å². The molecule has 2 rings (SSSR count). The summed E-state index contributed by atoms with van der Waals surface area (Å²) < 4.78 is 44.0. The van der Waals surface area contributed by atoms with Crippen LogP contribution in [0.1, 0.15) is 19.5 Å². The van der Waals surface area contributed by atoms with E-state index in [9.17, 15) is 13.2 Å². The molecule has 0 aliphatic heterocycles. The van der Waals surface area contributed by atoms with Crippen molar-refractivity contribution < 1.29 is 17.9 Å². The zero-order chi connectivity index (χ0) is 16.3. The summed E-state index contributed by atoms with van der Waals surface area (Å²) in [6.07, 6.45) is -4.53. The number of halogens is 3. The Balaban J connectivity index is 2.48. The smallest absolute Gasteiger partial charge is 0.433 e. The number of rotatable bonds is 4. The lowest BCUT2D eigenvalue weighted by Gasteiger charge is -2.13. The Labute approximate surface area is 126 Å². The van der Waals surface area contributed by atoms with Crippen LogP contribution in [-0.2, 0) is 6.18 Å². The fourth-order valence-electron chi connectivity index (χ4n) is 1.82. The van der Waals surface area contributed by atoms with Crippen LogP contribution in [0.2, 0.25) is 0 Å². The number of alkyl halides is 3. The molecule has 4 nitrogen and oxygen atoms in total. The third-order valence-electron chi connectivity index (χ3n) is 2.82. The van der Waals surface area contributed by atoms with Gasteiger partial charge in [-0.1, -0.05) is 0 Å². The van der Waals surface area contributed by atoms with Crippen molar-refractivity contribution in [2.45, 2.75) is 26.1 Å². The van der Waals surface area contributed by atoms with E-state index in [4.69, 9.17) is 4.74 Å². The molecule has 0 bridgehead atoms. The zero-order valence-corrected chi connectivity index (χ0v) is 12.4. The Morgan fingerprint density at radius 2 is 1.73 bits per heavy atom. The van der Waals surface area contributed by atoms with Crippen LogP contribution in [-0.4, -0.2) is 23.1 Å². The van der Waals surface area contributed by atoms with E-state index in [1.165, 1.54) is 7.11 Å². The molecule has 0 aliphatic carbocycles. The molecule has 0 saturated carbocycles. The van der Waals surface area contributed by atoms with Gasteiger partial charge in [-0.05, 0) is 44.2 Å². The largest absolute Gasteiger partial charge is 0.497 e. The summed E-state index contributed by atoms with van der Waals surface area (Å²) in [4.78, 5) is 7.68. The first-order valence-electron chi connectivity index (χ1n) is 6.67. The molecule has 7 heteroatoms. The molecular weight excluding hydrogens is 295 g/mol. The SMILES string of the molecule is COc1ccc(-c2cc(C(F)(F)F)nc(NC(C)C)n2)cc1. The van der Waals surface area contributed by atoms with Crippen LogP contribution in [0.15, 0.2) is 30.3 Å². The van der Waals surface area contributed by atoms with Crippen LogP contribution in [0.4, 0.5) is 19.1 Å². The van der Waals surface area contributed by atoms with E-state index in [0.717, 1.165) is 6.07 Å². The summed E-state index contributed by atoms with van der Waals surface area (Å²) in [5.41, 5.74) is -0.217. The van der Waals surface area contributed by atoms with Crippen LogP contribution in [0.5, 0.6) is 5.75 Å². The summed E-state index contributed by atoms with van der Waals surface area (Å²) in [7, 11) is 1.52. The molecule has 0 fully saturated rings. The average molecular weight is 311 g/mol. The fraction of sp³-hybridized carbons (Fsp3) is 0.333. The third-order valence-corrected chi connectivity index (χ3v) is 2.82. The number of hydrogen-bond acceptors (Lipinski definition) is 4. The number of methoxy groups -OCH3 is 1. The van der Waals surface area contributed by atoms with E-state index >= 15 is 0 Å². The van der Waals surface area contributed by atoms with Crippen LogP contribution in [0.3, 0.4) is 0 Å². The second-order valence-electron chi connectivity index (χ2n) is 4.99. The Morgan fingerprint density at radius 3 is 2.23 bits per heavy atom. The van der Waals surface area contributed by atoms with E-state index in [0.29, 0.717) is 11.3 Å². The maximum atomic E-state index is 13.0. The van der Waals surface area contributed by atoms with Crippen molar-refractivity contribution in [1.29, 1.82) is 0 Å². The maximum absolute atomic E-state index is 13.0. The second kappa shape index (κ2) is 6.21. The maximum Gasteiger partial charge on any atom is 0.433 e. The highest BCUT2D eigenvalue weighted by atomic mass is 19.4. The lowest BCUT2D eigenvalue weighted by atomic mass is 10.1. The highest BCUT2D eigenvalue weighted by molar-refractivity contribution is 5.62. The fourth-order valence-corrected chi connectivity index (χ4v) is 1.82. The van der Waals surface area contributed by atoms with Gasteiger partial charge in [-0.2, -0.15) is 13.2 Å². The van der Waals surface area contributed by atoms with Gasteiger partial charge in [-0.15, -0.1) is 0 Å². The molecule has 1 N–H and O–H groups in total.